The van der Waals surface area contributed by atoms with Crippen LogP contribution < -0.4 is 5.32 Å². The first-order chi connectivity index (χ1) is 9.97. The van der Waals surface area contributed by atoms with Gasteiger partial charge in [0, 0.05) is 31.5 Å². The van der Waals surface area contributed by atoms with Gasteiger partial charge in [0.2, 0.25) is 0 Å². The largest absolute Gasteiger partial charge is 0.370 e. The normalized spacial score (nSPS) is 24.5. The molecule has 4 nitrogen and oxygen atoms in total. The van der Waals surface area contributed by atoms with Crippen LogP contribution in [0.15, 0.2) is 0 Å². The third kappa shape index (κ3) is 2.91. The first-order valence-corrected chi connectivity index (χ1v) is 7.04. The summed E-state index contributed by atoms with van der Waals surface area (Å²) in [5.74, 6) is -3.00. The van der Waals surface area contributed by atoms with E-state index < -0.39 is 31.5 Å². The molecule has 0 saturated carbocycles. The summed E-state index contributed by atoms with van der Waals surface area (Å²) in [4.78, 5) is 0. The maximum Gasteiger partial charge on any atom is 0.289 e. The molecule has 0 bridgehead atoms. The Morgan fingerprint density at radius 3 is 3.00 bits per heavy atom. The molecule has 118 valence electrons. The number of nitrogens with one attached hydrogen (secondary N) is 1. The minimum atomic E-state index is -3.00. The number of ether oxygens (including phenoxy) is 1. The summed E-state index contributed by atoms with van der Waals surface area (Å²) in [6.45, 7) is 0.460. The number of halogens is 4. The third-order valence-corrected chi connectivity index (χ3v) is 3.94. The third-order valence-electron chi connectivity index (χ3n) is 3.94. The molecule has 0 aromatic carbocycles. The van der Waals surface area contributed by atoms with Crippen LogP contribution in [0.2, 0.25) is 0 Å². The second-order valence-corrected chi connectivity index (χ2v) is 5.47. The molecule has 3 rings (SSSR count). The lowest BCUT2D eigenvalue weighted by atomic mass is 10.0. The van der Waals surface area contributed by atoms with E-state index in [9.17, 15) is 17.6 Å². The molecule has 0 fully saturated rings. The van der Waals surface area contributed by atoms with Crippen molar-refractivity contribution in [2.45, 2.75) is 50.8 Å². The molecule has 0 radical (unpaired) electrons. The van der Waals surface area contributed by atoms with Crippen LogP contribution in [0.4, 0.5) is 17.6 Å². The van der Waals surface area contributed by atoms with E-state index >= 15 is 0 Å². The fourth-order valence-electron chi connectivity index (χ4n) is 2.99. The van der Waals surface area contributed by atoms with Crippen LogP contribution in [0.25, 0.3) is 0 Å². The van der Waals surface area contributed by atoms with E-state index in [-0.39, 0.29) is 18.7 Å². The summed E-state index contributed by atoms with van der Waals surface area (Å²) in [6, 6.07) is 0. The van der Waals surface area contributed by atoms with Crippen LogP contribution in [0, 0.1) is 0 Å². The van der Waals surface area contributed by atoms with Crippen molar-refractivity contribution >= 4 is 0 Å². The molecule has 0 spiro atoms. The van der Waals surface area contributed by atoms with E-state index in [0.717, 1.165) is 0 Å². The average molecular weight is 307 g/mol. The lowest BCUT2D eigenvalue weighted by Gasteiger charge is -2.18. The fourth-order valence-corrected chi connectivity index (χ4v) is 2.99. The molecule has 1 aromatic heterocycles. The molecule has 2 aliphatic heterocycles. The van der Waals surface area contributed by atoms with Crippen molar-refractivity contribution < 1.29 is 22.3 Å². The maximum atomic E-state index is 14.4. The molecule has 1 atom stereocenters. The lowest BCUT2D eigenvalue weighted by Crippen LogP contribution is -2.26. The van der Waals surface area contributed by atoms with E-state index in [1.54, 1.807) is 0 Å². The van der Waals surface area contributed by atoms with E-state index in [0.29, 0.717) is 30.8 Å². The molecular weight excluding hydrogens is 290 g/mol. The van der Waals surface area contributed by atoms with Crippen molar-refractivity contribution in [3.05, 3.63) is 17.0 Å². The van der Waals surface area contributed by atoms with Gasteiger partial charge in [-0.2, -0.15) is 13.9 Å². The minimum Gasteiger partial charge on any atom is -0.370 e. The van der Waals surface area contributed by atoms with Crippen molar-refractivity contribution in [1.29, 1.82) is 0 Å². The van der Waals surface area contributed by atoms with Gasteiger partial charge in [-0.25, -0.2) is 8.78 Å². The van der Waals surface area contributed by atoms with Gasteiger partial charge in [-0.1, -0.05) is 0 Å². The van der Waals surface area contributed by atoms with Gasteiger partial charge >= 0.3 is 0 Å². The zero-order valence-electron chi connectivity index (χ0n) is 11.4. The monoisotopic (exact) mass is 307 g/mol. The van der Waals surface area contributed by atoms with Crippen LogP contribution in [-0.2, 0) is 30.2 Å². The fraction of sp³-hybridized carbons (Fsp3) is 0.769. The van der Waals surface area contributed by atoms with Gasteiger partial charge in [0.05, 0.1) is 18.3 Å². The standard InChI is InChI=1S/C13H17F4N3O/c14-11(15)7-21-8-1-3-13(16,17)12-9-5-18-4-2-10(9)19-20(12)6-8/h8,11,18H,1-7H2. The number of nitrogens with zero attached hydrogens (tertiary/aromatic N) is 2. The molecule has 3 heterocycles. The van der Waals surface area contributed by atoms with Gasteiger partial charge in [0.15, 0.2) is 0 Å². The number of alkyl halides is 4. The molecule has 0 saturated heterocycles. The number of rotatable bonds is 3. The molecule has 0 aliphatic carbocycles. The molecule has 8 heteroatoms. The van der Waals surface area contributed by atoms with E-state index in [4.69, 9.17) is 4.74 Å². The molecule has 0 amide bonds. The Hall–Kier alpha value is -1.15. The summed E-state index contributed by atoms with van der Waals surface area (Å²) in [5, 5.41) is 7.32. The number of fused-ring (bicyclic) bond motifs is 3. The highest BCUT2D eigenvalue weighted by molar-refractivity contribution is 5.32. The summed E-state index contributed by atoms with van der Waals surface area (Å²) in [6.07, 6.45) is -3.00. The minimum absolute atomic E-state index is 0.0469. The van der Waals surface area contributed by atoms with Gasteiger partial charge in [-0.3, -0.25) is 4.68 Å². The van der Waals surface area contributed by atoms with Gasteiger partial charge in [0.25, 0.3) is 12.3 Å². The summed E-state index contributed by atoms with van der Waals surface area (Å²) in [7, 11) is 0. The molecule has 1 N–H and O–H groups in total. The second-order valence-electron chi connectivity index (χ2n) is 5.47. The highest BCUT2D eigenvalue weighted by Crippen LogP contribution is 2.40. The number of aromatic nitrogens is 2. The topological polar surface area (TPSA) is 39.1 Å². The van der Waals surface area contributed by atoms with Crippen molar-refractivity contribution in [2.75, 3.05) is 13.2 Å². The lowest BCUT2D eigenvalue weighted by molar-refractivity contribution is -0.0492. The van der Waals surface area contributed by atoms with E-state index in [1.165, 1.54) is 4.68 Å². The zero-order valence-corrected chi connectivity index (χ0v) is 11.4. The zero-order chi connectivity index (χ0) is 15.0. The van der Waals surface area contributed by atoms with Crippen LogP contribution in [0.1, 0.15) is 29.8 Å². The second kappa shape index (κ2) is 5.57. The van der Waals surface area contributed by atoms with E-state index in [1.807, 2.05) is 0 Å². The number of hydrogen-bond acceptors (Lipinski definition) is 3. The van der Waals surface area contributed by atoms with Gasteiger partial charge in [0.1, 0.15) is 12.3 Å². The molecule has 1 aromatic rings. The smallest absolute Gasteiger partial charge is 0.289 e. The molecule has 21 heavy (non-hydrogen) atoms. The molecular formula is C13H17F4N3O. The molecule has 1 unspecified atom stereocenters. The Morgan fingerprint density at radius 2 is 2.24 bits per heavy atom. The van der Waals surface area contributed by atoms with Crippen LogP contribution in [0.3, 0.4) is 0 Å². The van der Waals surface area contributed by atoms with Crippen LogP contribution in [-0.4, -0.2) is 35.5 Å². The predicted octanol–water partition coefficient (Wildman–Crippen LogP) is 2.06. The molecule has 2 aliphatic rings. The van der Waals surface area contributed by atoms with E-state index in [2.05, 4.69) is 10.4 Å². The predicted molar refractivity (Wildman–Crippen MR) is 66.5 cm³/mol. The van der Waals surface area contributed by atoms with Crippen molar-refractivity contribution in [1.82, 2.24) is 15.1 Å². The van der Waals surface area contributed by atoms with Crippen molar-refractivity contribution in [3.8, 4) is 0 Å². The summed E-state index contributed by atoms with van der Waals surface area (Å²) in [5.41, 5.74) is 1.16. The highest BCUT2D eigenvalue weighted by Gasteiger charge is 2.43. The van der Waals surface area contributed by atoms with Gasteiger partial charge in [-0.15, -0.1) is 0 Å². The van der Waals surface area contributed by atoms with Crippen molar-refractivity contribution in [2.24, 2.45) is 0 Å². The van der Waals surface area contributed by atoms with Gasteiger partial charge in [-0.05, 0) is 6.42 Å². The Kier molecular flexibility index (Phi) is 3.92. The van der Waals surface area contributed by atoms with Crippen LogP contribution in [0.5, 0.6) is 0 Å². The van der Waals surface area contributed by atoms with Gasteiger partial charge < -0.3 is 10.1 Å². The summed E-state index contributed by atoms with van der Waals surface area (Å²) < 4.78 is 59.5. The maximum absolute atomic E-state index is 14.4. The Bertz CT molecular complexity index is 518. The number of hydrogen-bond donors (Lipinski definition) is 1. The Labute approximate surface area is 119 Å². The van der Waals surface area contributed by atoms with Crippen molar-refractivity contribution in [3.63, 3.8) is 0 Å². The quantitative estimate of drug-likeness (QED) is 0.869. The first kappa shape index (κ1) is 14.8. The SMILES string of the molecule is FC(F)COC1CCC(F)(F)c2c3c(nn2C1)CCNC3. The first-order valence-electron chi connectivity index (χ1n) is 7.04. The average Bonchev–Trinajstić information content (AvgIpc) is 2.74. The Balaban J connectivity index is 1.88. The summed E-state index contributed by atoms with van der Waals surface area (Å²) >= 11 is 0. The van der Waals surface area contributed by atoms with Crippen LogP contribution >= 0.6 is 0 Å². The highest BCUT2D eigenvalue weighted by atomic mass is 19.3. The Morgan fingerprint density at radius 1 is 1.43 bits per heavy atom.